The zero-order valence-corrected chi connectivity index (χ0v) is 11.4. The summed E-state index contributed by atoms with van der Waals surface area (Å²) in [5.41, 5.74) is -1.12. The van der Waals surface area contributed by atoms with Crippen LogP contribution in [0.5, 0.6) is 0 Å². The minimum absolute atomic E-state index is 0.0156. The van der Waals surface area contributed by atoms with Gasteiger partial charge in [0.05, 0.1) is 0 Å². The van der Waals surface area contributed by atoms with E-state index in [9.17, 15) is 8.78 Å². The van der Waals surface area contributed by atoms with Gasteiger partial charge in [-0.15, -0.1) is 0 Å². The van der Waals surface area contributed by atoms with Crippen molar-refractivity contribution in [3.05, 3.63) is 34.1 Å². The van der Waals surface area contributed by atoms with Crippen LogP contribution in [0, 0.1) is 5.82 Å². The van der Waals surface area contributed by atoms with E-state index in [0.29, 0.717) is 9.46 Å². The molecule has 92 valence electrons. The normalized spacial score (nSPS) is 28.9. The monoisotopic (exact) mass is 321 g/mol. The molecule has 1 N–H and O–H groups in total. The summed E-state index contributed by atoms with van der Waals surface area (Å²) in [7, 11) is 0. The quantitative estimate of drug-likeness (QED) is 0.803. The first-order chi connectivity index (χ1) is 7.93. The van der Waals surface area contributed by atoms with Crippen LogP contribution in [0.25, 0.3) is 0 Å². The van der Waals surface area contributed by atoms with Gasteiger partial charge in [0.1, 0.15) is 23.0 Å². The highest BCUT2D eigenvalue weighted by Gasteiger charge is 2.43. The number of morpholine rings is 1. The second kappa shape index (κ2) is 4.59. The van der Waals surface area contributed by atoms with Gasteiger partial charge in [0.2, 0.25) is 6.36 Å². The third-order valence-electron chi connectivity index (χ3n) is 2.70. The van der Waals surface area contributed by atoms with Gasteiger partial charge in [0, 0.05) is 10.0 Å². The van der Waals surface area contributed by atoms with Crippen molar-refractivity contribution < 1.29 is 13.5 Å². The Bertz CT molecular complexity index is 471. The lowest BCUT2D eigenvalue weighted by atomic mass is 9.90. The molecular weight excluding hydrogens is 312 g/mol. The largest absolute Gasteiger partial charge is 0.364 e. The van der Waals surface area contributed by atoms with E-state index in [0.717, 1.165) is 0 Å². The Hall–Kier alpha value is -0.590. The number of alkyl halides is 1. The van der Waals surface area contributed by atoms with Gasteiger partial charge < -0.3 is 10.1 Å². The van der Waals surface area contributed by atoms with E-state index in [-0.39, 0.29) is 12.2 Å². The van der Waals surface area contributed by atoms with E-state index in [1.54, 1.807) is 6.07 Å². The van der Waals surface area contributed by atoms with Gasteiger partial charge in [0.25, 0.3) is 0 Å². The van der Waals surface area contributed by atoms with Crippen molar-refractivity contribution in [3.8, 4) is 0 Å². The molecule has 1 saturated heterocycles. The maximum atomic E-state index is 13.9. The lowest BCUT2D eigenvalue weighted by molar-refractivity contribution is -0.0931. The molecule has 0 spiro atoms. The van der Waals surface area contributed by atoms with Gasteiger partial charge in [-0.2, -0.15) is 0 Å². The van der Waals surface area contributed by atoms with Gasteiger partial charge in [-0.1, -0.05) is 28.1 Å². The van der Waals surface area contributed by atoms with E-state index >= 15 is 0 Å². The summed E-state index contributed by atoms with van der Waals surface area (Å²) in [6.07, 6.45) is -1.65. The highest BCUT2D eigenvalue weighted by molar-refractivity contribution is 9.10. The molecule has 1 aromatic carbocycles. The smallest absolute Gasteiger partial charge is 0.226 e. The number of hydrogen-bond acceptors (Lipinski definition) is 2. The Morgan fingerprint density at radius 3 is 3.00 bits per heavy atom. The predicted octanol–water partition coefficient (Wildman–Crippen LogP) is 3.05. The molecule has 2 rings (SSSR count). The lowest BCUT2D eigenvalue weighted by Crippen LogP contribution is -2.56. The molecule has 1 aromatic rings. The molecule has 0 aromatic heterocycles. The van der Waals surface area contributed by atoms with Crippen LogP contribution in [0.15, 0.2) is 22.7 Å². The van der Waals surface area contributed by atoms with Crippen LogP contribution in [0.1, 0.15) is 12.5 Å². The standard InChI is InChI=1S/C11H10BrF2NOS/c1-11(10(14)16-5-9(17)15-11)7-4-6(12)2-3-8(7)13/h2-4,10H,5H2,1H3,(H,15,17). The third kappa shape index (κ3) is 2.34. The summed E-state index contributed by atoms with van der Waals surface area (Å²) in [5.74, 6) is -0.501. The first-order valence-corrected chi connectivity index (χ1v) is 6.16. The van der Waals surface area contributed by atoms with Gasteiger partial charge in [0.15, 0.2) is 0 Å². The van der Waals surface area contributed by atoms with E-state index < -0.39 is 17.7 Å². The van der Waals surface area contributed by atoms with Gasteiger partial charge >= 0.3 is 0 Å². The Labute approximate surface area is 111 Å². The zero-order valence-electron chi connectivity index (χ0n) is 8.97. The Morgan fingerprint density at radius 2 is 2.29 bits per heavy atom. The van der Waals surface area contributed by atoms with Crippen molar-refractivity contribution >= 4 is 33.1 Å². The van der Waals surface area contributed by atoms with Gasteiger partial charge in [-0.3, -0.25) is 0 Å². The zero-order chi connectivity index (χ0) is 12.6. The molecule has 0 aliphatic carbocycles. The molecule has 1 aliphatic rings. The minimum Gasteiger partial charge on any atom is -0.364 e. The molecule has 0 amide bonds. The van der Waals surface area contributed by atoms with Crippen LogP contribution in [0.2, 0.25) is 0 Å². The number of thiocarbonyl (C=S) groups is 1. The number of benzene rings is 1. The van der Waals surface area contributed by atoms with Crippen molar-refractivity contribution in [2.75, 3.05) is 6.61 Å². The number of nitrogens with one attached hydrogen (secondary N) is 1. The number of halogens is 3. The van der Waals surface area contributed by atoms with Crippen LogP contribution in [0.3, 0.4) is 0 Å². The summed E-state index contributed by atoms with van der Waals surface area (Å²) in [6, 6.07) is 4.35. The summed E-state index contributed by atoms with van der Waals surface area (Å²) < 4.78 is 33.2. The summed E-state index contributed by atoms with van der Waals surface area (Å²) in [6.45, 7) is 1.54. The highest BCUT2D eigenvalue weighted by Crippen LogP contribution is 2.33. The van der Waals surface area contributed by atoms with Crippen LogP contribution in [-0.2, 0) is 10.3 Å². The van der Waals surface area contributed by atoms with E-state index in [1.807, 2.05) is 0 Å². The van der Waals surface area contributed by atoms with Gasteiger partial charge in [-0.25, -0.2) is 8.78 Å². The first kappa shape index (κ1) is 12.9. The topological polar surface area (TPSA) is 21.3 Å². The van der Waals surface area contributed by atoms with Crippen molar-refractivity contribution in [2.45, 2.75) is 18.8 Å². The Balaban J connectivity index is 2.48. The fourth-order valence-electron chi connectivity index (χ4n) is 1.78. The molecule has 1 aliphatic heterocycles. The summed E-state index contributed by atoms with van der Waals surface area (Å²) in [4.78, 5) is 0.362. The van der Waals surface area contributed by atoms with E-state index in [1.165, 1.54) is 19.1 Å². The van der Waals surface area contributed by atoms with Crippen LogP contribution >= 0.6 is 28.1 Å². The third-order valence-corrected chi connectivity index (χ3v) is 3.41. The number of rotatable bonds is 1. The number of ether oxygens (including phenoxy) is 1. The van der Waals surface area contributed by atoms with E-state index in [2.05, 4.69) is 21.2 Å². The summed E-state index contributed by atoms with van der Waals surface area (Å²) in [5, 5.41) is 2.80. The predicted molar refractivity (Wildman–Crippen MR) is 68.0 cm³/mol. The average Bonchev–Trinajstić information content (AvgIpc) is 2.27. The first-order valence-electron chi connectivity index (χ1n) is 4.95. The van der Waals surface area contributed by atoms with Crippen molar-refractivity contribution in [1.29, 1.82) is 0 Å². The molecule has 6 heteroatoms. The second-order valence-corrected chi connectivity index (χ2v) is 5.41. The molecular formula is C11H10BrF2NOS. The van der Waals surface area contributed by atoms with Crippen LogP contribution in [-0.4, -0.2) is 18.0 Å². The molecule has 2 unspecified atom stereocenters. The maximum Gasteiger partial charge on any atom is 0.226 e. The maximum absolute atomic E-state index is 13.9. The lowest BCUT2D eigenvalue weighted by Gasteiger charge is -2.39. The molecule has 1 fully saturated rings. The van der Waals surface area contributed by atoms with Crippen LogP contribution in [0.4, 0.5) is 8.78 Å². The Morgan fingerprint density at radius 1 is 1.59 bits per heavy atom. The molecule has 1 heterocycles. The summed E-state index contributed by atoms with van der Waals surface area (Å²) >= 11 is 8.18. The Kier molecular flexibility index (Phi) is 3.47. The second-order valence-electron chi connectivity index (χ2n) is 4.00. The van der Waals surface area contributed by atoms with Crippen molar-refractivity contribution in [2.24, 2.45) is 0 Å². The highest BCUT2D eigenvalue weighted by atomic mass is 79.9. The molecule has 2 atom stereocenters. The fraction of sp³-hybridized carbons (Fsp3) is 0.364. The molecule has 0 radical (unpaired) electrons. The average molecular weight is 322 g/mol. The molecule has 0 saturated carbocycles. The molecule has 17 heavy (non-hydrogen) atoms. The van der Waals surface area contributed by atoms with Crippen molar-refractivity contribution in [1.82, 2.24) is 5.32 Å². The molecule has 2 nitrogen and oxygen atoms in total. The fourth-order valence-corrected chi connectivity index (χ4v) is 2.42. The minimum atomic E-state index is -1.65. The van der Waals surface area contributed by atoms with Crippen LogP contribution < -0.4 is 5.32 Å². The van der Waals surface area contributed by atoms with Crippen molar-refractivity contribution in [3.63, 3.8) is 0 Å². The van der Waals surface area contributed by atoms with E-state index in [4.69, 9.17) is 17.0 Å². The SMILES string of the molecule is CC1(c2cc(Br)ccc2F)NC(=S)COC1F. The molecule has 0 bridgehead atoms. The number of hydrogen-bond donors (Lipinski definition) is 1. The van der Waals surface area contributed by atoms with Gasteiger partial charge in [-0.05, 0) is 25.1 Å².